The molecule has 0 bridgehead atoms. The zero-order valence-corrected chi connectivity index (χ0v) is 18.7. The van der Waals surface area contributed by atoms with E-state index in [1.54, 1.807) is 47.8 Å². The van der Waals surface area contributed by atoms with Gasteiger partial charge in [0.2, 0.25) is 5.91 Å². The molecule has 0 aliphatic carbocycles. The minimum atomic E-state index is -4.54. The predicted octanol–water partition coefficient (Wildman–Crippen LogP) is 3.82. The number of nitrogens with one attached hydrogen (secondary N) is 2. The maximum atomic E-state index is 13.3. The zero-order chi connectivity index (χ0) is 25.9. The SMILES string of the molecule is O=C(NCC(F)(F)F)c1ccc(NC(=O)C(Cc2ccccc2)N2C(=O)c3ccccc3C2=O)cc1. The van der Waals surface area contributed by atoms with Crippen molar-refractivity contribution in [3.8, 4) is 0 Å². The summed E-state index contributed by atoms with van der Waals surface area (Å²) in [6, 6.07) is 19.2. The Hall–Kier alpha value is -4.47. The van der Waals surface area contributed by atoms with Crippen LogP contribution in [0.2, 0.25) is 0 Å². The highest BCUT2D eigenvalue weighted by Crippen LogP contribution is 2.27. The molecule has 4 amide bonds. The minimum Gasteiger partial charge on any atom is -0.343 e. The van der Waals surface area contributed by atoms with E-state index < -0.39 is 42.4 Å². The van der Waals surface area contributed by atoms with Crippen molar-refractivity contribution in [2.75, 3.05) is 11.9 Å². The topological polar surface area (TPSA) is 95.6 Å². The lowest BCUT2D eigenvalue weighted by Crippen LogP contribution is -2.48. The number of fused-ring (bicyclic) bond motifs is 1. The second kappa shape index (κ2) is 10.0. The fraction of sp³-hybridized carbons (Fsp3) is 0.154. The number of hydrogen-bond acceptors (Lipinski definition) is 4. The number of imide groups is 1. The number of hydrogen-bond donors (Lipinski definition) is 2. The first kappa shape index (κ1) is 24.6. The molecule has 0 spiro atoms. The van der Waals surface area contributed by atoms with Gasteiger partial charge in [-0.25, -0.2) is 0 Å². The van der Waals surface area contributed by atoms with E-state index in [0.29, 0.717) is 0 Å². The van der Waals surface area contributed by atoms with Crippen molar-refractivity contribution in [1.29, 1.82) is 0 Å². The third-order valence-corrected chi connectivity index (χ3v) is 5.58. The third-order valence-electron chi connectivity index (χ3n) is 5.58. The Labute approximate surface area is 203 Å². The lowest BCUT2D eigenvalue weighted by atomic mass is 10.0. The highest BCUT2D eigenvalue weighted by Gasteiger charge is 2.42. The van der Waals surface area contributed by atoms with Crippen molar-refractivity contribution in [2.45, 2.75) is 18.6 Å². The van der Waals surface area contributed by atoms with Crippen LogP contribution in [0.15, 0.2) is 78.9 Å². The lowest BCUT2D eigenvalue weighted by Gasteiger charge is -2.25. The summed E-state index contributed by atoms with van der Waals surface area (Å²) in [5, 5.41) is 4.40. The molecule has 4 rings (SSSR count). The van der Waals surface area contributed by atoms with Gasteiger partial charge in [0.05, 0.1) is 11.1 Å². The number of carbonyl (C=O) groups is 4. The van der Waals surface area contributed by atoms with Crippen LogP contribution in [-0.2, 0) is 11.2 Å². The van der Waals surface area contributed by atoms with Crippen molar-refractivity contribution < 1.29 is 32.3 Å². The van der Waals surface area contributed by atoms with E-state index in [0.717, 1.165) is 10.5 Å². The quantitative estimate of drug-likeness (QED) is 0.487. The van der Waals surface area contributed by atoms with Crippen molar-refractivity contribution >= 4 is 29.3 Å². The molecule has 184 valence electrons. The normalized spacial score (nSPS) is 13.8. The largest absolute Gasteiger partial charge is 0.405 e. The highest BCUT2D eigenvalue weighted by atomic mass is 19.4. The average Bonchev–Trinajstić information content (AvgIpc) is 3.11. The number of benzene rings is 3. The van der Waals surface area contributed by atoms with E-state index in [1.807, 2.05) is 0 Å². The van der Waals surface area contributed by atoms with Crippen LogP contribution >= 0.6 is 0 Å². The van der Waals surface area contributed by atoms with Crippen LogP contribution in [0.5, 0.6) is 0 Å². The first-order valence-corrected chi connectivity index (χ1v) is 10.9. The monoisotopic (exact) mass is 495 g/mol. The van der Waals surface area contributed by atoms with Gasteiger partial charge in [0.1, 0.15) is 12.6 Å². The molecule has 1 atom stereocenters. The molecule has 0 fully saturated rings. The van der Waals surface area contributed by atoms with Crippen molar-refractivity contribution in [2.24, 2.45) is 0 Å². The number of rotatable bonds is 7. The number of carbonyl (C=O) groups excluding carboxylic acids is 4. The van der Waals surface area contributed by atoms with Crippen LogP contribution in [0, 0.1) is 0 Å². The summed E-state index contributed by atoms with van der Waals surface area (Å²) < 4.78 is 37.0. The second-order valence-corrected chi connectivity index (χ2v) is 8.10. The number of halogens is 3. The summed E-state index contributed by atoms with van der Waals surface area (Å²) in [5.74, 6) is -2.72. The lowest BCUT2D eigenvalue weighted by molar-refractivity contribution is -0.123. The second-order valence-electron chi connectivity index (χ2n) is 8.10. The van der Waals surface area contributed by atoms with Crippen molar-refractivity contribution in [3.63, 3.8) is 0 Å². The smallest absolute Gasteiger partial charge is 0.343 e. The molecule has 3 aromatic carbocycles. The van der Waals surface area contributed by atoms with Crippen LogP contribution < -0.4 is 10.6 Å². The van der Waals surface area contributed by atoms with Crippen LogP contribution in [0.3, 0.4) is 0 Å². The van der Waals surface area contributed by atoms with Gasteiger partial charge in [-0.3, -0.25) is 24.1 Å². The molecule has 0 radical (unpaired) electrons. The van der Waals surface area contributed by atoms with Gasteiger partial charge in [0.25, 0.3) is 17.7 Å². The third kappa shape index (κ3) is 5.43. The molecule has 1 aliphatic rings. The average molecular weight is 495 g/mol. The maximum Gasteiger partial charge on any atom is 0.405 e. The fourth-order valence-electron chi connectivity index (χ4n) is 3.84. The predicted molar refractivity (Wildman–Crippen MR) is 124 cm³/mol. The van der Waals surface area contributed by atoms with E-state index >= 15 is 0 Å². The molecule has 10 heteroatoms. The maximum absolute atomic E-state index is 13.3. The molecule has 0 saturated heterocycles. The summed E-state index contributed by atoms with van der Waals surface area (Å²) in [4.78, 5) is 52.3. The summed E-state index contributed by atoms with van der Waals surface area (Å²) >= 11 is 0. The van der Waals surface area contributed by atoms with Crippen molar-refractivity contribution in [1.82, 2.24) is 10.2 Å². The van der Waals surface area contributed by atoms with E-state index in [1.165, 1.54) is 36.4 Å². The molecule has 0 saturated carbocycles. The minimum absolute atomic E-state index is 0.0292. The molecular weight excluding hydrogens is 475 g/mol. The number of alkyl halides is 3. The Balaban J connectivity index is 1.54. The number of amides is 4. The summed E-state index contributed by atoms with van der Waals surface area (Å²) in [7, 11) is 0. The Morgan fingerprint density at radius 1 is 0.806 bits per heavy atom. The zero-order valence-electron chi connectivity index (χ0n) is 18.7. The Kier molecular flexibility index (Phi) is 6.86. The van der Waals surface area contributed by atoms with Gasteiger partial charge in [0.15, 0.2) is 0 Å². The van der Waals surface area contributed by atoms with Gasteiger partial charge in [-0.1, -0.05) is 42.5 Å². The van der Waals surface area contributed by atoms with Crippen LogP contribution in [0.4, 0.5) is 18.9 Å². The molecule has 3 aromatic rings. The van der Waals surface area contributed by atoms with E-state index in [-0.39, 0.29) is 28.8 Å². The standard InChI is InChI=1S/C26H20F3N3O4/c27-26(28,29)15-30-22(33)17-10-12-18(13-11-17)31-23(34)21(14-16-6-2-1-3-7-16)32-24(35)19-8-4-5-9-20(19)25(32)36/h1-13,21H,14-15H2,(H,30,33)(H,31,34). The van der Waals surface area contributed by atoms with E-state index in [9.17, 15) is 32.3 Å². The molecule has 1 aliphatic heterocycles. The highest BCUT2D eigenvalue weighted by molar-refractivity contribution is 6.23. The van der Waals surface area contributed by atoms with Crippen molar-refractivity contribution in [3.05, 3.63) is 101 Å². The van der Waals surface area contributed by atoms with Crippen LogP contribution in [-0.4, -0.2) is 47.3 Å². The molecule has 36 heavy (non-hydrogen) atoms. The fourth-order valence-corrected chi connectivity index (χ4v) is 3.84. The molecule has 1 unspecified atom stereocenters. The molecular formula is C26H20F3N3O4. The van der Waals surface area contributed by atoms with Gasteiger partial charge in [-0.05, 0) is 42.0 Å². The Morgan fingerprint density at radius 2 is 1.36 bits per heavy atom. The summed E-state index contributed by atoms with van der Waals surface area (Å²) in [6.45, 7) is -1.47. The molecule has 2 N–H and O–H groups in total. The van der Waals surface area contributed by atoms with Crippen LogP contribution in [0.25, 0.3) is 0 Å². The first-order chi connectivity index (χ1) is 17.1. The van der Waals surface area contributed by atoms with Crippen LogP contribution in [0.1, 0.15) is 36.6 Å². The van der Waals surface area contributed by atoms with Gasteiger partial charge in [-0.15, -0.1) is 0 Å². The van der Waals surface area contributed by atoms with Gasteiger partial charge < -0.3 is 10.6 Å². The summed E-state index contributed by atoms with van der Waals surface area (Å²) in [5.41, 5.74) is 1.36. The van der Waals surface area contributed by atoms with Gasteiger partial charge >= 0.3 is 6.18 Å². The first-order valence-electron chi connectivity index (χ1n) is 10.9. The molecule has 0 aromatic heterocycles. The number of anilines is 1. The van der Waals surface area contributed by atoms with Gasteiger partial charge in [0, 0.05) is 17.7 Å². The molecule has 7 nitrogen and oxygen atoms in total. The van der Waals surface area contributed by atoms with E-state index in [4.69, 9.17) is 0 Å². The Morgan fingerprint density at radius 3 is 1.92 bits per heavy atom. The number of nitrogens with zero attached hydrogens (tertiary/aromatic N) is 1. The van der Waals surface area contributed by atoms with Gasteiger partial charge in [-0.2, -0.15) is 13.2 Å². The Bertz CT molecular complexity index is 1270. The molecule has 1 heterocycles. The van der Waals surface area contributed by atoms with E-state index in [2.05, 4.69) is 5.32 Å². The summed E-state index contributed by atoms with van der Waals surface area (Å²) in [6.07, 6.45) is -4.47.